The van der Waals surface area contributed by atoms with Crippen LogP contribution in [0.2, 0.25) is 0 Å². The quantitative estimate of drug-likeness (QED) is 0.566. The first kappa shape index (κ1) is 15.5. The maximum Gasteiger partial charge on any atom is 0.224 e. The highest BCUT2D eigenvalue weighted by Crippen LogP contribution is 2.22. The van der Waals surface area contributed by atoms with E-state index < -0.39 is 0 Å². The Kier molecular flexibility index (Phi) is 4.26. The molecule has 0 saturated heterocycles. The van der Waals surface area contributed by atoms with Gasteiger partial charge in [-0.3, -0.25) is 9.89 Å². The Balaban J connectivity index is 1.36. The number of nitrogens with zero attached hydrogens (tertiary/aromatic N) is 2. The van der Waals surface area contributed by atoms with Crippen LogP contribution >= 0.6 is 11.3 Å². The van der Waals surface area contributed by atoms with Gasteiger partial charge in [0.2, 0.25) is 5.91 Å². The van der Waals surface area contributed by atoms with Gasteiger partial charge in [-0.2, -0.15) is 5.10 Å². The van der Waals surface area contributed by atoms with Crippen LogP contribution in [0.15, 0.2) is 60.1 Å². The number of nitrogens with one attached hydrogen (secondary N) is 2. The van der Waals surface area contributed by atoms with Gasteiger partial charge in [-0.25, -0.2) is 4.98 Å². The lowest BCUT2D eigenvalue weighted by Crippen LogP contribution is -2.12. The van der Waals surface area contributed by atoms with Crippen molar-refractivity contribution in [1.29, 1.82) is 0 Å². The summed E-state index contributed by atoms with van der Waals surface area (Å²) in [5.41, 5.74) is 3.74. The van der Waals surface area contributed by atoms with E-state index in [1.54, 1.807) is 17.5 Å². The molecular weight excluding hydrogens is 332 g/mol. The molecule has 2 aromatic heterocycles. The number of rotatable bonds is 5. The zero-order chi connectivity index (χ0) is 17.1. The van der Waals surface area contributed by atoms with Gasteiger partial charge in [-0.15, -0.1) is 11.3 Å². The van der Waals surface area contributed by atoms with Gasteiger partial charge in [-0.05, 0) is 18.2 Å². The van der Waals surface area contributed by atoms with Gasteiger partial charge in [0.15, 0.2) is 0 Å². The second kappa shape index (κ2) is 6.86. The summed E-state index contributed by atoms with van der Waals surface area (Å²) < 4.78 is 0. The third kappa shape index (κ3) is 3.59. The van der Waals surface area contributed by atoms with Crippen LogP contribution in [-0.2, 0) is 11.2 Å². The van der Waals surface area contributed by atoms with E-state index in [0.717, 1.165) is 32.9 Å². The number of benzene rings is 2. The molecule has 0 aliphatic rings. The summed E-state index contributed by atoms with van der Waals surface area (Å²) in [6, 6.07) is 15.8. The monoisotopic (exact) mass is 348 g/mol. The van der Waals surface area contributed by atoms with Crippen molar-refractivity contribution >= 4 is 33.8 Å². The first-order valence-corrected chi connectivity index (χ1v) is 8.89. The highest BCUT2D eigenvalue weighted by atomic mass is 32.1. The number of anilines is 1. The molecule has 0 spiro atoms. The predicted molar refractivity (Wildman–Crippen MR) is 101 cm³/mol. The number of fused-ring (bicyclic) bond motifs is 1. The van der Waals surface area contributed by atoms with Crippen LogP contribution in [0, 0.1) is 0 Å². The number of H-pyrrole nitrogens is 1. The Bertz CT molecular complexity index is 1010. The number of hydrogen-bond donors (Lipinski definition) is 2. The minimum Gasteiger partial charge on any atom is -0.326 e. The van der Waals surface area contributed by atoms with Gasteiger partial charge in [-0.1, -0.05) is 30.3 Å². The Morgan fingerprint density at radius 1 is 1.16 bits per heavy atom. The zero-order valence-electron chi connectivity index (χ0n) is 13.4. The summed E-state index contributed by atoms with van der Waals surface area (Å²) in [4.78, 5) is 16.8. The molecule has 0 aliphatic heterocycles. The number of hydrogen-bond acceptors (Lipinski definition) is 4. The third-order valence-corrected chi connectivity index (χ3v) is 4.82. The van der Waals surface area contributed by atoms with E-state index in [1.807, 2.05) is 53.9 Å². The second-order valence-corrected chi connectivity index (χ2v) is 6.66. The summed E-state index contributed by atoms with van der Waals surface area (Å²) >= 11 is 1.59. The molecule has 25 heavy (non-hydrogen) atoms. The highest BCUT2D eigenvalue weighted by molar-refractivity contribution is 7.09. The normalized spacial score (nSPS) is 10.9. The second-order valence-electron chi connectivity index (χ2n) is 5.71. The van der Waals surface area contributed by atoms with Crippen molar-refractivity contribution in [2.75, 3.05) is 5.32 Å². The molecule has 2 heterocycles. The molecule has 0 bridgehead atoms. The number of aryl methyl sites for hydroxylation is 1. The highest BCUT2D eigenvalue weighted by Gasteiger charge is 2.08. The molecule has 4 rings (SSSR count). The van der Waals surface area contributed by atoms with Crippen LogP contribution in [0.25, 0.3) is 22.2 Å². The van der Waals surface area contributed by atoms with Gasteiger partial charge >= 0.3 is 0 Å². The minimum atomic E-state index is -0.0182. The first-order valence-electron chi connectivity index (χ1n) is 8.01. The summed E-state index contributed by atoms with van der Waals surface area (Å²) in [5, 5.41) is 13.8. The molecule has 4 aromatic rings. The summed E-state index contributed by atoms with van der Waals surface area (Å²) in [6.45, 7) is 0. The van der Waals surface area contributed by atoms with E-state index in [4.69, 9.17) is 0 Å². The molecule has 124 valence electrons. The van der Waals surface area contributed by atoms with Crippen LogP contribution in [0.4, 0.5) is 5.69 Å². The molecule has 1 amide bonds. The largest absolute Gasteiger partial charge is 0.326 e. The van der Waals surface area contributed by atoms with Crippen molar-refractivity contribution in [3.05, 3.63) is 65.1 Å². The third-order valence-electron chi connectivity index (χ3n) is 3.91. The van der Waals surface area contributed by atoms with Gasteiger partial charge in [0.25, 0.3) is 0 Å². The van der Waals surface area contributed by atoms with Crippen LogP contribution in [0.1, 0.15) is 11.4 Å². The van der Waals surface area contributed by atoms with E-state index in [9.17, 15) is 4.79 Å². The molecule has 0 aliphatic carbocycles. The molecule has 6 heteroatoms. The fourth-order valence-corrected chi connectivity index (χ4v) is 3.43. The Labute approximate surface area is 148 Å². The molecule has 0 saturated carbocycles. The molecule has 0 fully saturated rings. The molecular formula is C19H16N4OS. The average molecular weight is 348 g/mol. The molecule has 0 radical (unpaired) electrons. The Morgan fingerprint density at radius 2 is 2.04 bits per heavy atom. The topological polar surface area (TPSA) is 70.7 Å². The van der Waals surface area contributed by atoms with Crippen LogP contribution < -0.4 is 5.32 Å². The fraction of sp³-hybridized carbons (Fsp3) is 0.105. The number of amides is 1. The zero-order valence-corrected chi connectivity index (χ0v) is 14.2. The lowest BCUT2D eigenvalue weighted by Gasteiger charge is -2.04. The summed E-state index contributed by atoms with van der Waals surface area (Å²) in [7, 11) is 0. The van der Waals surface area contributed by atoms with Crippen LogP contribution in [0.3, 0.4) is 0 Å². The van der Waals surface area contributed by atoms with Gasteiger partial charge in [0.1, 0.15) is 0 Å². The van der Waals surface area contributed by atoms with Gasteiger partial charge in [0, 0.05) is 34.9 Å². The van der Waals surface area contributed by atoms with Crippen molar-refractivity contribution in [2.45, 2.75) is 12.8 Å². The van der Waals surface area contributed by atoms with Crippen molar-refractivity contribution < 1.29 is 4.79 Å². The number of thiazole rings is 1. The van der Waals surface area contributed by atoms with Crippen molar-refractivity contribution in [1.82, 2.24) is 15.2 Å². The maximum atomic E-state index is 12.2. The van der Waals surface area contributed by atoms with Gasteiger partial charge in [0.05, 0.1) is 22.4 Å². The van der Waals surface area contributed by atoms with Crippen LogP contribution in [0.5, 0.6) is 0 Å². The predicted octanol–water partition coefficient (Wildman–Crippen LogP) is 4.26. The number of carbonyl (C=O) groups excluding carboxylic acids is 1. The first-order chi connectivity index (χ1) is 12.3. The molecule has 0 unspecified atom stereocenters. The maximum absolute atomic E-state index is 12.2. The Hall–Kier alpha value is -2.99. The summed E-state index contributed by atoms with van der Waals surface area (Å²) in [6.07, 6.45) is 2.80. The lowest BCUT2D eigenvalue weighted by molar-refractivity contribution is -0.116. The van der Waals surface area contributed by atoms with E-state index in [-0.39, 0.29) is 5.91 Å². The average Bonchev–Trinajstić information content (AvgIpc) is 3.30. The minimum absolute atomic E-state index is 0.0182. The van der Waals surface area contributed by atoms with E-state index >= 15 is 0 Å². The van der Waals surface area contributed by atoms with E-state index in [0.29, 0.717) is 12.8 Å². The molecule has 2 N–H and O–H groups in total. The Morgan fingerprint density at radius 3 is 2.92 bits per heavy atom. The van der Waals surface area contributed by atoms with Gasteiger partial charge < -0.3 is 5.32 Å². The summed E-state index contributed by atoms with van der Waals surface area (Å²) in [5.74, 6) is -0.0182. The molecule has 5 nitrogen and oxygen atoms in total. The number of aromatic amines is 1. The smallest absolute Gasteiger partial charge is 0.224 e. The number of carbonyl (C=O) groups is 1. The lowest BCUT2D eigenvalue weighted by atomic mass is 10.2. The standard InChI is InChI=1S/C19H16N4OS/c24-18(21-15-7-6-14-11-20-23-16(14)10-15)8-9-19-22-17(12-25-19)13-4-2-1-3-5-13/h1-7,10-12H,8-9H2,(H,20,23)(H,21,24). The van der Waals surface area contributed by atoms with E-state index in [1.165, 1.54) is 0 Å². The van der Waals surface area contributed by atoms with Crippen molar-refractivity contribution in [2.24, 2.45) is 0 Å². The number of aromatic nitrogens is 3. The van der Waals surface area contributed by atoms with Crippen LogP contribution in [-0.4, -0.2) is 21.1 Å². The van der Waals surface area contributed by atoms with E-state index in [2.05, 4.69) is 20.5 Å². The van der Waals surface area contributed by atoms with Crippen molar-refractivity contribution in [3.63, 3.8) is 0 Å². The fourth-order valence-electron chi connectivity index (χ4n) is 2.63. The van der Waals surface area contributed by atoms with Crippen molar-refractivity contribution in [3.8, 4) is 11.3 Å². The SMILES string of the molecule is O=C(CCc1nc(-c2ccccc2)cs1)Nc1ccc2cn[nH]c2c1. The molecule has 0 atom stereocenters. The molecule has 2 aromatic carbocycles.